The van der Waals surface area contributed by atoms with Crippen LogP contribution >= 0.6 is 0 Å². The zero-order chi connectivity index (χ0) is 3.41. The van der Waals surface area contributed by atoms with Crippen molar-refractivity contribution >= 4 is 25.3 Å². The molecule has 0 aliphatic rings. The van der Waals surface area contributed by atoms with Gasteiger partial charge in [-0.3, -0.25) is 0 Å². The van der Waals surface area contributed by atoms with Gasteiger partial charge in [-0.25, -0.2) is 0 Å². The minimum absolute atomic E-state index is 0. The third kappa shape index (κ3) is 37.6. The molecule has 0 rings (SSSR count). The summed E-state index contributed by atoms with van der Waals surface area (Å²) in [5.41, 5.74) is 0. The second kappa shape index (κ2) is 26.3. The van der Waals surface area contributed by atoms with E-state index in [9.17, 15) is 0 Å². The van der Waals surface area contributed by atoms with E-state index in [4.69, 9.17) is 0 Å². The summed E-state index contributed by atoms with van der Waals surface area (Å²) in [6.45, 7) is 0. The maximum atomic E-state index is 4.45. The van der Waals surface area contributed by atoms with E-state index in [0.717, 1.165) is 11.5 Å². The predicted molar refractivity (Wildman–Crippen MR) is 37.3 cm³/mol. The summed E-state index contributed by atoms with van der Waals surface area (Å²) < 4.78 is 0. The first kappa shape index (κ1) is 23.8. The first-order valence-corrected chi connectivity index (χ1v) is 2.23. The van der Waals surface area contributed by atoms with Gasteiger partial charge in [0.15, 0.2) is 0 Å². The Labute approximate surface area is 72.5 Å². The van der Waals surface area contributed by atoms with Crippen LogP contribution in [0.15, 0.2) is 0 Å². The van der Waals surface area contributed by atoms with Gasteiger partial charge in [-0.15, -0.1) is 0 Å². The van der Waals surface area contributed by atoms with Gasteiger partial charge in [-0.2, -0.15) is 11.5 Å². The fraction of sp³-hybridized carbons (Fsp3) is 0.500. The molecule has 0 bridgehead atoms. The second-order valence-electron chi connectivity index (χ2n) is 0.408. The monoisotopic (exact) mass is 317 g/mol. The zero-order valence-corrected chi connectivity index (χ0v) is 8.45. The van der Waals surface area contributed by atoms with Gasteiger partial charge in [0.25, 0.3) is 0 Å². The van der Waals surface area contributed by atoms with E-state index in [1.54, 1.807) is 0 Å². The summed E-state index contributed by atoms with van der Waals surface area (Å²) in [4.78, 5) is 0. The van der Waals surface area contributed by atoms with Gasteiger partial charge in [-0.05, 0) is 0 Å². The van der Waals surface area contributed by atoms with Crippen LogP contribution in [0.2, 0.25) is 0 Å². The first-order chi connectivity index (χ1) is 1.91. The molecule has 0 radical (unpaired) electrons. The van der Waals surface area contributed by atoms with E-state index in [-0.39, 0.29) is 35.9 Å². The van der Waals surface area contributed by atoms with E-state index in [0.29, 0.717) is 0 Å². The summed E-state index contributed by atoms with van der Waals surface area (Å²) in [5, 5.41) is 0. The molecular formula is C4H10PtS2. The molecule has 0 atom stereocenters. The van der Waals surface area contributed by atoms with Gasteiger partial charge >= 0.3 is 21.1 Å². The summed E-state index contributed by atoms with van der Waals surface area (Å²) in [7, 11) is 0. The van der Waals surface area contributed by atoms with Crippen LogP contribution < -0.4 is 0 Å². The quantitative estimate of drug-likeness (QED) is 0.522. The molecule has 0 heterocycles. The molecule has 3 heteroatoms. The van der Waals surface area contributed by atoms with Crippen molar-refractivity contribution in [2.45, 2.75) is 0 Å². The van der Waals surface area contributed by atoms with E-state index in [1.165, 1.54) is 0 Å². The average molecular weight is 317 g/mol. The molecule has 0 aliphatic heterocycles. The molecule has 0 spiro atoms. The van der Waals surface area contributed by atoms with Crippen molar-refractivity contribution in [2.75, 3.05) is 11.5 Å². The molecule has 0 amide bonds. The SMILES string of the molecule is [CH3-].[CH3-].[Pt+4].[S-]CC[S-]. The molecule has 0 unspecified atom stereocenters. The normalized spacial score (nSPS) is 4.29. The van der Waals surface area contributed by atoms with E-state index < -0.39 is 0 Å². The van der Waals surface area contributed by atoms with Gasteiger partial charge in [0.05, 0.1) is 0 Å². The van der Waals surface area contributed by atoms with Crippen molar-refractivity contribution < 1.29 is 21.1 Å². The predicted octanol–water partition coefficient (Wildman–Crippen LogP) is 0.978. The summed E-state index contributed by atoms with van der Waals surface area (Å²) >= 11 is 8.90. The Balaban J connectivity index is -0.0000000150. The smallest absolute Gasteiger partial charge is 0.794 e. The standard InChI is InChI=1S/C2H6S2.2CH3.Pt/c3-1-2-4;;;/h3-4H,1-2H2;2*1H3;/q;2*-1;+4/p-2. The molecule has 0 fully saturated rings. The molecule has 0 aromatic rings. The number of hydrogen-bond donors (Lipinski definition) is 0. The molecule has 0 aliphatic carbocycles. The van der Waals surface area contributed by atoms with Gasteiger partial charge in [0, 0.05) is 0 Å². The topological polar surface area (TPSA) is 0 Å². The fourth-order valence-corrected chi connectivity index (χ4v) is 0. The van der Waals surface area contributed by atoms with Crippen molar-refractivity contribution in [1.29, 1.82) is 0 Å². The Bertz CT molecular complexity index is 11.7. The molecule has 0 aromatic carbocycles. The molecule has 0 aromatic heterocycles. The Hall–Kier alpha value is 1.39. The van der Waals surface area contributed by atoms with Crippen molar-refractivity contribution in [1.82, 2.24) is 0 Å². The molecular weight excluding hydrogens is 307 g/mol. The summed E-state index contributed by atoms with van der Waals surface area (Å²) in [5.74, 6) is 1.44. The zero-order valence-electron chi connectivity index (χ0n) is 4.55. The fourth-order valence-electron chi connectivity index (χ4n) is 0. The van der Waals surface area contributed by atoms with Crippen LogP contribution in [-0.2, 0) is 46.3 Å². The third-order valence-corrected chi connectivity index (χ3v) is 0.750. The van der Waals surface area contributed by atoms with Crippen LogP contribution in [-0.4, -0.2) is 11.5 Å². The van der Waals surface area contributed by atoms with Gasteiger partial charge in [0.1, 0.15) is 0 Å². The van der Waals surface area contributed by atoms with Gasteiger partial charge < -0.3 is 40.1 Å². The molecule has 0 nitrogen and oxygen atoms in total. The van der Waals surface area contributed by atoms with Crippen LogP contribution in [0.25, 0.3) is 0 Å². The minimum Gasteiger partial charge on any atom is -0.794 e. The van der Waals surface area contributed by atoms with E-state index in [1.807, 2.05) is 0 Å². The van der Waals surface area contributed by atoms with Gasteiger partial charge in [0.2, 0.25) is 0 Å². The maximum absolute atomic E-state index is 4.45. The molecule has 7 heavy (non-hydrogen) atoms. The molecule has 0 saturated carbocycles. The Morgan fingerprint density at radius 3 is 1.00 bits per heavy atom. The molecule has 0 N–H and O–H groups in total. The molecule has 48 valence electrons. The molecule has 0 saturated heterocycles. The third-order valence-electron chi connectivity index (χ3n) is 0.0833. The van der Waals surface area contributed by atoms with Crippen molar-refractivity contribution in [3.05, 3.63) is 14.9 Å². The largest absolute Gasteiger partial charge is 4.00 e. The van der Waals surface area contributed by atoms with E-state index >= 15 is 0 Å². The van der Waals surface area contributed by atoms with Crippen LogP contribution in [0.4, 0.5) is 0 Å². The summed E-state index contributed by atoms with van der Waals surface area (Å²) in [6.07, 6.45) is 0. The second-order valence-corrected chi connectivity index (χ2v) is 1.22. The van der Waals surface area contributed by atoms with E-state index in [2.05, 4.69) is 25.3 Å². The van der Waals surface area contributed by atoms with Crippen LogP contribution in [0, 0.1) is 14.9 Å². The van der Waals surface area contributed by atoms with Crippen molar-refractivity contribution in [3.63, 3.8) is 0 Å². The van der Waals surface area contributed by atoms with Crippen molar-refractivity contribution in [2.24, 2.45) is 0 Å². The maximum Gasteiger partial charge on any atom is 4.00 e. The van der Waals surface area contributed by atoms with Gasteiger partial charge in [-0.1, -0.05) is 0 Å². The van der Waals surface area contributed by atoms with Crippen LogP contribution in [0.1, 0.15) is 0 Å². The Kier molecular flexibility index (Phi) is 89.2. The Morgan fingerprint density at radius 1 is 0.857 bits per heavy atom. The van der Waals surface area contributed by atoms with Crippen LogP contribution in [0.5, 0.6) is 0 Å². The number of rotatable bonds is 1. The van der Waals surface area contributed by atoms with Crippen LogP contribution in [0.3, 0.4) is 0 Å². The number of hydrogen-bond acceptors (Lipinski definition) is 2. The Morgan fingerprint density at radius 2 is 1.00 bits per heavy atom. The average Bonchev–Trinajstić information content (AvgIpc) is 1.37. The summed E-state index contributed by atoms with van der Waals surface area (Å²) in [6, 6.07) is 0. The van der Waals surface area contributed by atoms with Crippen molar-refractivity contribution in [3.8, 4) is 0 Å². The minimum atomic E-state index is 0. The first-order valence-electron chi connectivity index (χ1n) is 1.08.